The van der Waals surface area contributed by atoms with Crippen LogP contribution in [0.2, 0.25) is 0 Å². The summed E-state index contributed by atoms with van der Waals surface area (Å²) in [5.41, 5.74) is -6.75. The van der Waals surface area contributed by atoms with Crippen LogP contribution >= 0.6 is 0 Å². The number of nitrogens with one attached hydrogen (secondary N) is 1. The van der Waals surface area contributed by atoms with Gasteiger partial charge < -0.3 is 48.4 Å². The number of aliphatic hydroxyl groups excluding tert-OH is 1. The lowest BCUT2D eigenvalue weighted by Crippen LogP contribution is -2.79. The molecule has 6 rings (SSSR count). The van der Waals surface area contributed by atoms with Crippen molar-refractivity contribution < 1.29 is 67.0 Å². The van der Waals surface area contributed by atoms with Gasteiger partial charge in [0.05, 0.1) is 31.0 Å². The van der Waals surface area contributed by atoms with E-state index in [0.29, 0.717) is 12.0 Å². The van der Waals surface area contributed by atoms with E-state index in [1.807, 2.05) is 0 Å². The first-order chi connectivity index (χ1) is 28.1. The number of carbonyl (C=O) groups is 5. The number of fused-ring (bicyclic) bond motifs is 5. The highest BCUT2D eigenvalue weighted by molar-refractivity contribution is 5.94. The zero-order valence-electron chi connectivity index (χ0n) is 35.5. The van der Waals surface area contributed by atoms with Crippen LogP contribution in [0.15, 0.2) is 76.9 Å². The van der Waals surface area contributed by atoms with Crippen LogP contribution in [0, 0.1) is 16.7 Å². The number of furan rings is 1. The average molecular weight is 836 g/mol. The fourth-order valence-electron chi connectivity index (χ4n) is 9.65. The van der Waals surface area contributed by atoms with Crippen molar-refractivity contribution in [1.29, 1.82) is 0 Å². The second-order valence-corrected chi connectivity index (χ2v) is 17.9. The summed E-state index contributed by atoms with van der Waals surface area (Å²) in [6.07, 6.45) is -5.14. The highest BCUT2D eigenvalue weighted by Gasteiger charge is 2.76. The van der Waals surface area contributed by atoms with E-state index in [-0.39, 0.29) is 43.0 Å². The van der Waals surface area contributed by atoms with Gasteiger partial charge in [-0.25, -0.2) is 14.4 Å². The van der Waals surface area contributed by atoms with E-state index in [1.54, 1.807) is 85.7 Å². The Morgan fingerprint density at radius 2 is 1.77 bits per heavy atom. The fourth-order valence-corrected chi connectivity index (χ4v) is 9.65. The van der Waals surface area contributed by atoms with Crippen molar-refractivity contribution in [3.63, 3.8) is 0 Å². The van der Waals surface area contributed by atoms with Crippen molar-refractivity contribution in [2.45, 2.75) is 134 Å². The lowest BCUT2D eigenvalue weighted by atomic mass is 9.45. The van der Waals surface area contributed by atoms with Gasteiger partial charge >= 0.3 is 24.0 Å². The van der Waals surface area contributed by atoms with Gasteiger partial charge in [0.15, 0.2) is 17.5 Å². The highest BCUT2D eigenvalue weighted by Crippen LogP contribution is 2.64. The van der Waals surface area contributed by atoms with Gasteiger partial charge in [-0.05, 0) is 75.9 Å². The molecule has 2 bridgehead atoms. The minimum Gasteiger partial charge on any atom is -0.467 e. The molecule has 1 amide bonds. The number of rotatable bonds is 12. The van der Waals surface area contributed by atoms with Gasteiger partial charge in [-0.3, -0.25) is 9.59 Å². The Morgan fingerprint density at radius 1 is 1.07 bits per heavy atom. The summed E-state index contributed by atoms with van der Waals surface area (Å²) in [6, 6.07) is 9.63. The number of carbonyl (C=O) groups excluding carboxylic acids is 5. The summed E-state index contributed by atoms with van der Waals surface area (Å²) in [4.78, 5) is 70.2. The molecule has 15 heteroatoms. The molecule has 15 nitrogen and oxygen atoms in total. The molecule has 60 heavy (non-hydrogen) atoms. The molecule has 1 aliphatic heterocycles. The molecule has 3 aliphatic carbocycles. The topological polar surface area (TPSA) is 206 Å². The van der Waals surface area contributed by atoms with Crippen molar-refractivity contribution in [2.24, 2.45) is 16.7 Å². The van der Waals surface area contributed by atoms with E-state index in [1.165, 1.54) is 24.5 Å². The normalized spacial score (nSPS) is 31.7. The molecule has 0 unspecified atom stereocenters. The van der Waals surface area contributed by atoms with Crippen LogP contribution in [0.25, 0.3) is 0 Å². The largest absolute Gasteiger partial charge is 0.467 e. The number of hydrogen-bond acceptors (Lipinski definition) is 14. The first kappa shape index (κ1) is 44.7. The molecule has 2 heterocycles. The van der Waals surface area contributed by atoms with E-state index < -0.39 is 106 Å². The van der Waals surface area contributed by atoms with E-state index in [2.05, 4.69) is 11.9 Å². The standard InChI is InChI=1S/C45H57NO14/c1-10-21-55-34-31-25(3)28(57-39(51)33(48)32(27-18-15-22-54-27)46-40(52)60-41(4,5)6)23-45(53,42(31,7)8)37(58-38(50)26-16-13-12-14-17-26)35-43(9,36(34)49)20-19-29-44(35,24-56-29)59-30(47)11-2/h10,12-18,22,28-29,32-35,37,48,53H,1,11,19-21,23-24H2,2-9H3,(H,46,52)/t28-,29+,32-,33+,34+,35-,37-,43+,44-,45+/m0/s1. The van der Waals surface area contributed by atoms with Crippen LogP contribution in [0.3, 0.4) is 0 Å². The molecule has 2 aromatic rings. The molecular formula is C45H57NO14. The molecule has 0 spiro atoms. The zero-order chi connectivity index (χ0) is 44.0. The van der Waals surface area contributed by atoms with Gasteiger partial charge in [0.25, 0.3) is 0 Å². The summed E-state index contributed by atoms with van der Waals surface area (Å²) in [5.74, 6) is -4.21. The summed E-state index contributed by atoms with van der Waals surface area (Å²) < 4.78 is 42.1. The minimum atomic E-state index is -2.19. The summed E-state index contributed by atoms with van der Waals surface area (Å²) >= 11 is 0. The van der Waals surface area contributed by atoms with Gasteiger partial charge in [0.2, 0.25) is 0 Å². The van der Waals surface area contributed by atoms with Crippen LogP contribution in [0.5, 0.6) is 0 Å². The zero-order valence-corrected chi connectivity index (χ0v) is 35.5. The molecule has 3 N–H and O–H groups in total. The Bertz CT molecular complexity index is 2000. The summed E-state index contributed by atoms with van der Waals surface area (Å²) in [6.45, 7) is 16.9. The number of alkyl carbamates (subject to hydrolysis) is 1. The predicted octanol–water partition coefficient (Wildman–Crippen LogP) is 5.48. The summed E-state index contributed by atoms with van der Waals surface area (Å²) in [7, 11) is 0. The molecule has 4 aliphatic rings. The Balaban J connectivity index is 1.51. The van der Waals surface area contributed by atoms with Crippen LogP contribution in [0.1, 0.15) is 103 Å². The van der Waals surface area contributed by atoms with Crippen LogP contribution in [-0.4, -0.2) is 101 Å². The van der Waals surface area contributed by atoms with E-state index >= 15 is 4.79 Å². The molecular weight excluding hydrogens is 778 g/mol. The maximum Gasteiger partial charge on any atom is 0.408 e. The number of ether oxygens (including phenoxy) is 6. The number of esters is 3. The molecule has 1 aromatic heterocycles. The van der Waals surface area contributed by atoms with Crippen LogP contribution < -0.4 is 5.32 Å². The molecule has 2 saturated carbocycles. The first-order valence-electron chi connectivity index (χ1n) is 20.4. The SMILES string of the molecule is C=CCO[C@H]1C(=O)[C@]2(C)CC[C@H]3OC[C@@]3(OC(=O)CC)[C@H]2[C@H](OC(=O)c2ccccc2)[C@]2(O)C[C@H](OC(=O)[C@H](O)[C@@H](NC(=O)OC(C)(C)C)c3ccco3)C(C)=C1C2(C)C. The van der Waals surface area contributed by atoms with E-state index in [0.717, 1.165) is 0 Å². The molecule has 1 saturated heterocycles. The van der Waals surface area contributed by atoms with Gasteiger partial charge in [0, 0.05) is 23.7 Å². The Hall–Kier alpha value is -4.83. The first-order valence-corrected chi connectivity index (χ1v) is 20.4. The van der Waals surface area contributed by atoms with E-state index in [9.17, 15) is 29.4 Å². The molecule has 0 radical (unpaired) electrons. The lowest BCUT2D eigenvalue weighted by Gasteiger charge is -2.66. The van der Waals surface area contributed by atoms with Gasteiger partial charge in [-0.1, -0.05) is 52.0 Å². The van der Waals surface area contributed by atoms with Crippen molar-refractivity contribution in [3.05, 3.63) is 83.9 Å². The second kappa shape index (κ2) is 16.6. The fraction of sp³-hybridized carbons (Fsp3) is 0.578. The second-order valence-electron chi connectivity index (χ2n) is 17.9. The monoisotopic (exact) mass is 835 g/mol. The third-order valence-corrected chi connectivity index (χ3v) is 12.7. The van der Waals surface area contributed by atoms with Gasteiger partial charge in [-0.15, -0.1) is 6.58 Å². The number of hydrogen-bond donors (Lipinski definition) is 3. The maximum absolute atomic E-state index is 15.5. The highest BCUT2D eigenvalue weighted by atomic mass is 16.6. The molecule has 3 fully saturated rings. The smallest absolute Gasteiger partial charge is 0.408 e. The Morgan fingerprint density at radius 3 is 2.35 bits per heavy atom. The third-order valence-electron chi connectivity index (χ3n) is 12.7. The third kappa shape index (κ3) is 7.80. The van der Waals surface area contributed by atoms with Crippen molar-refractivity contribution in [3.8, 4) is 0 Å². The van der Waals surface area contributed by atoms with Crippen molar-refractivity contribution in [2.75, 3.05) is 13.2 Å². The minimum absolute atomic E-state index is 0.00459. The number of aliphatic hydroxyl groups is 2. The summed E-state index contributed by atoms with van der Waals surface area (Å²) in [5, 5.41) is 27.8. The van der Waals surface area contributed by atoms with Crippen molar-refractivity contribution >= 4 is 29.8 Å². The van der Waals surface area contributed by atoms with Gasteiger partial charge in [-0.2, -0.15) is 0 Å². The molecule has 10 atom stereocenters. The van der Waals surface area contributed by atoms with Crippen molar-refractivity contribution in [1.82, 2.24) is 5.32 Å². The van der Waals surface area contributed by atoms with E-state index in [4.69, 9.17) is 32.8 Å². The van der Waals surface area contributed by atoms with Crippen LogP contribution in [0.4, 0.5) is 4.79 Å². The maximum atomic E-state index is 15.5. The number of amides is 1. The Labute approximate surface area is 349 Å². The van der Waals surface area contributed by atoms with Crippen LogP contribution in [-0.2, 0) is 42.8 Å². The average Bonchev–Trinajstić information content (AvgIpc) is 3.72. The molecule has 1 aromatic carbocycles. The number of benzene rings is 1. The van der Waals surface area contributed by atoms with Gasteiger partial charge in [0.1, 0.15) is 47.4 Å². The Kier molecular flexibility index (Phi) is 12.3. The predicted molar refractivity (Wildman–Crippen MR) is 213 cm³/mol. The number of Topliss-reactive ketones (excluding diaryl/α,β-unsaturated/α-hetero) is 1. The number of ketones is 1. The quantitative estimate of drug-likeness (QED) is 0.138. The molecule has 326 valence electrons. The lowest BCUT2D eigenvalue weighted by molar-refractivity contribution is -0.333.